The highest BCUT2D eigenvalue weighted by molar-refractivity contribution is 5.91. The first-order valence-electron chi connectivity index (χ1n) is 7.00. The summed E-state index contributed by atoms with van der Waals surface area (Å²) in [5.41, 5.74) is 3.04. The maximum atomic E-state index is 13.5. The molecule has 5 nitrogen and oxygen atoms in total. The Hall–Kier alpha value is -2.47. The summed E-state index contributed by atoms with van der Waals surface area (Å²) in [5.74, 6) is -0.311. The van der Waals surface area contributed by atoms with Crippen LogP contribution in [0.5, 0.6) is 0 Å². The highest BCUT2D eigenvalue weighted by Crippen LogP contribution is 2.25. The van der Waals surface area contributed by atoms with Crippen LogP contribution in [0.4, 0.5) is 10.1 Å². The molecule has 114 valence electrons. The molecule has 3 rings (SSSR count). The van der Waals surface area contributed by atoms with Crippen molar-refractivity contribution in [1.29, 1.82) is 0 Å². The molecule has 2 heterocycles. The van der Waals surface area contributed by atoms with Gasteiger partial charge in [0.15, 0.2) is 0 Å². The van der Waals surface area contributed by atoms with Crippen LogP contribution in [0, 0.1) is 12.7 Å². The first-order chi connectivity index (χ1) is 10.5. The van der Waals surface area contributed by atoms with Crippen LogP contribution in [0.15, 0.2) is 36.7 Å². The molecule has 1 aromatic carbocycles. The van der Waals surface area contributed by atoms with E-state index in [-0.39, 0.29) is 5.82 Å². The van der Waals surface area contributed by atoms with E-state index in [1.807, 2.05) is 13.0 Å². The van der Waals surface area contributed by atoms with E-state index in [1.165, 1.54) is 12.1 Å². The molecule has 0 bridgehead atoms. The van der Waals surface area contributed by atoms with Gasteiger partial charge in [-0.2, -0.15) is 5.10 Å². The second kappa shape index (κ2) is 5.73. The molecule has 3 aromatic rings. The molecule has 1 atom stereocenters. The lowest BCUT2D eigenvalue weighted by molar-refractivity contribution is 0.191. The number of aliphatic hydroxyl groups excluding tert-OH is 1. The van der Waals surface area contributed by atoms with Crippen LogP contribution >= 0.6 is 0 Å². The van der Waals surface area contributed by atoms with E-state index in [0.29, 0.717) is 11.9 Å². The number of fused-ring (bicyclic) bond motifs is 1. The molecule has 0 spiro atoms. The molecule has 6 heteroatoms. The normalized spacial score (nSPS) is 12.5. The van der Waals surface area contributed by atoms with Gasteiger partial charge in [-0.1, -0.05) is 0 Å². The quantitative estimate of drug-likeness (QED) is 0.777. The summed E-state index contributed by atoms with van der Waals surface area (Å²) in [4.78, 5) is 4.38. The molecular formula is C16H17FN4O. The summed E-state index contributed by atoms with van der Waals surface area (Å²) in [5, 5.41) is 18.1. The zero-order chi connectivity index (χ0) is 15.7. The average Bonchev–Trinajstić information content (AvgIpc) is 2.91. The molecule has 0 radical (unpaired) electrons. The Bertz CT molecular complexity index is 815. The maximum Gasteiger partial charge on any atom is 0.124 e. The van der Waals surface area contributed by atoms with Gasteiger partial charge in [0.2, 0.25) is 0 Å². The third-order valence-corrected chi connectivity index (χ3v) is 3.49. The molecule has 0 amide bonds. The van der Waals surface area contributed by atoms with E-state index in [2.05, 4.69) is 15.4 Å². The predicted molar refractivity (Wildman–Crippen MR) is 83.1 cm³/mol. The fraction of sp³-hybridized carbons (Fsp3) is 0.250. The third-order valence-electron chi connectivity index (χ3n) is 3.49. The molecule has 22 heavy (non-hydrogen) atoms. The van der Waals surface area contributed by atoms with Gasteiger partial charge in [-0.3, -0.25) is 9.67 Å². The van der Waals surface area contributed by atoms with Gasteiger partial charge in [-0.15, -0.1) is 0 Å². The number of benzene rings is 1. The van der Waals surface area contributed by atoms with Crippen molar-refractivity contribution < 1.29 is 9.50 Å². The van der Waals surface area contributed by atoms with Crippen molar-refractivity contribution >= 4 is 16.6 Å². The van der Waals surface area contributed by atoms with Crippen molar-refractivity contribution in [3.05, 3.63) is 53.7 Å². The van der Waals surface area contributed by atoms with Gasteiger partial charge in [0, 0.05) is 42.1 Å². The van der Waals surface area contributed by atoms with Crippen molar-refractivity contribution in [2.24, 2.45) is 7.05 Å². The fourth-order valence-electron chi connectivity index (χ4n) is 2.41. The van der Waals surface area contributed by atoms with Crippen LogP contribution in [0.3, 0.4) is 0 Å². The summed E-state index contributed by atoms with van der Waals surface area (Å²) in [7, 11) is 1.80. The monoisotopic (exact) mass is 300 g/mol. The van der Waals surface area contributed by atoms with E-state index >= 15 is 0 Å². The topological polar surface area (TPSA) is 63.0 Å². The van der Waals surface area contributed by atoms with Gasteiger partial charge in [-0.25, -0.2) is 4.39 Å². The standard InChI is InChI=1S/C16H17FN4O/c1-10-5-15(13-6-12(17)3-4-14(13)20-10)18-8-16(22)11-7-19-21(2)9-11/h3-7,9,16,22H,8H2,1-2H3,(H,18,20). The Labute approximate surface area is 127 Å². The second-order valence-corrected chi connectivity index (χ2v) is 5.32. The van der Waals surface area contributed by atoms with Crippen molar-refractivity contribution in [3.8, 4) is 0 Å². The largest absolute Gasteiger partial charge is 0.386 e. The minimum Gasteiger partial charge on any atom is -0.386 e. The Morgan fingerprint density at radius 3 is 2.91 bits per heavy atom. The molecule has 0 aliphatic rings. The smallest absolute Gasteiger partial charge is 0.124 e. The number of nitrogens with zero attached hydrogens (tertiary/aromatic N) is 3. The second-order valence-electron chi connectivity index (χ2n) is 5.32. The zero-order valence-electron chi connectivity index (χ0n) is 12.4. The van der Waals surface area contributed by atoms with Crippen molar-refractivity contribution in [3.63, 3.8) is 0 Å². The van der Waals surface area contributed by atoms with Crippen molar-refractivity contribution in [2.45, 2.75) is 13.0 Å². The number of aliphatic hydroxyl groups is 1. The van der Waals surface area contributed by atoms with Crippen molar-refractivity contribution in [2.75, 3.05) is 11.9 Å². The van der Waals surface area contributed by atoms with E-state index in [4.69, 9.17) is 0 Å². The van der Waals surface area contributed by atoms with Gasteiger partial charge in [0.1, 0.15) is 5.82 Å². The highest BCUT2D eigenvalue weighted by atomic mass is 19.1. The van der Waals surface area contributed by atoms with Crippen LogP contribution < -0.4 is 5.32 Å². The lowest BCUT2D eigenvalue weighted by Gasteiger charge is -2.14. The SMILES string of the molecule is Cc1cc(NCC(O)c2cnn(C)c2)c2cc(F)ccc2n1. The van der Waals surface area contributed by atoms with Gasteiger partial charge >= 0.3 is 0 Å². The zero-order valence-corrected chi connectivity index (χ0v) is 12.4. The molecule has 0 saturated heterocycles. The number of hydrogen-bond donors (Lipinski definition) is 2. The third kappa shape index (κ3) is 2.92. The Morgan fingerprint density at radius 1 is 1.36 bits per heavy atom. The molecule has 2 N–H and O–H groups in total. The van der Waals surface area contributed by atoms with Gasteiger partial charge < -0.3 is 10.4 Å². The Balaban J connectivity index is 1.85. The van der Waals surface area contributed by atoms with Crippen LogP contribution in [0.2, 0.25) is 0 Å². The van der Waals surface area contributed by atoms with Crippen LogP contribution in [-0.4, -0.2) is 26.4 Å². The lowest BCUT2D eigenvalue weighted by atomic mass is 10.1. The number of pyridine rings is 1. The van der Waals surface area contributed by atoms with Crippen LogP contribution in [-0.2, 0) is 7.05 Å². The number of aryl methyl sites for hydroxylation is 2. The average molecular weight is 300 g/mol. The predicted octanol–water partition coefficient (Wildman–Crippen LogP) is 2.56. The van der Waals surface area contributed by atoms with Gasteiger partial charge in [0.05, 0.1) is 17.8 Å². The number of aromatic nitrogens is 3. The van der Waals surface area contributed by atoms with E-state index < -0.39 is 6.10 Å². The number of hydrogen-bond acceptors (Lipinski definition) is 4. The number of nitrogens with one attached hydrogen (secondary N) is 1. The van der Waals surface area contributed by atoms with Crippen LogP contribution in [0.25, 0.3) is 10.9 Å². The maximum absolute atomic E-state index is 13.5. The van der Waals surface area contributed by atoms with E-state index in [0.717, 1.165) is 22.5 Å². The summed E-state index contributed by atoms with van der Waals surface area (Å²) < 4.78 is 15.1. The Kier molecular flexibility index (Phi) is 3.77. The summed E-state index contributed by atoms with van der Waals surface area (Å²) in [6.45, 7) is 2.19. The van der Waals surface area contributed by atoms with E-state index in [9.17, 15) is 9.50 Å². The minimum absolute atomic E-state index is 0.306. The Morgan fingerprint density at radius 2 is 2.18 bits per heavy atom. The van der Waals surface area contributed by atoms with Gasteiger partial charge in [0.25, 0.3) is 0 Å². The number of halogens is 1. The minimum atomic E-state index is -0.689. The van der Waals surface area contributed by atoms with Crippen molar-refractivity contribution in [1.82, 2.24) is 14.8 Å². The first kappa shape index (κ1) is 14.5. The van der Waals surface area contributed by atoms with E-state index in [1.54, 1.807) is 30.2 Å². The molecule has 0 aliphatic heterocycles. The molecule has 0 fully saturated rings. The highest BCUT2D eigenvalue weighted by Gasteiger charge is 2.11. The molecule has 1 unspecified atom stereocenters. The molecular weight excluding hydrogens is 283 g/mol. The van der Waals surface area contributed by atoms with Gasteiger partial charge in [-0.05, 0) is 31.2 Å². The summed E-state index contributed by atoms with van der Waals surface area (Å²) in [6, 6.07) is 6.34. The number of rotatable bonds is 4. The summed E-state index contributed by atoms with van der Waals surface area (Å²) >= 11 is 0. The lowest BCUT2D eigenvalue weighted by Crippen LogP contribution is -2.12. The first-order valence-corrected chi connectivity index (χ1v) is 7.00. The number of anilines is 1. The molecule has 0 aliphatic carbocycles. The van der Waals surface area contributed by atoms with Crippen LogP contribution in [0.1, 0.15) is 17.4 Å². The molecule has 2 aromatic heterocycles. The summed E-state index contributed by atoms with van der Waals surface area (Å²) in [6.07, 6.45) is 2.70. The fourth-order valence-corrected chi connectivity index (χ4v) is 2.41. The molecule has 0 saturated carbocycles.